The molecule has 2 rings (SSSR count). The van der Waals surface area contributed by atoms with E-state index in [1.54, 1.807) is 0 Å². The largest absolute Gasteiger partial charge is 0.496 e. The fourth-order valence-electron chi connectivity index (χ4n) is 2.28. The molecule has 0 fully saturated rings. The summed E-state index contributed by atoms with van der Waals surface area (Å²) < 4.78 is 35.7. The van der Waals surface area contributed by atoms with Gasteiger partial charge >= 0.3 is 0 Å². The van der Waals surface area contributed by atoms with Crippen LogP contribution in [-0.4, -0.2) is 38.9 Å². The average molecular weight is 320 g/mol. The van der Waals surface area contributed by atoms with Crippen LogP contribution in [0.1, 0.15) is 22.8 Å². The van der Waals surface area contributed by atoms with E-state index >= 15 is 0 Å². The van der Waals surface area contributed by atoms with Crippen LogP contribution in [0.3, 0.4) is 0 Å². The van der Waals surface area contributed by atoms with Gasteiger partial charge in [-0.3, -0.25) is 4.79 Å². The molecule has 0 atom stereocenters. The van der Waals surface area contributed by atoms with Crippen molar-refractivity contribution < 1.29 is 22.7 Å². The van der Waals surface area contributed by atoms with Gasteiger partial charge in [-0.05, 0) is 6.42 Å². The summed E-state index contributed by atoms with van der Waals surface area (Å²) in [4.78, 5) is 12.2. The van der Waals surface area contributed by atoms with E-state index < -0.39 is 21.9 Å². The number of alkyl halides is 1. The Kier molecular flexibility index (Phi) is 3.84. The minimum Gasteiger partial charge on any atom is -0.496 e. The van der Waals surface area contributed by atoms with Crippen molar-refractivity contribution >= 4 is 27.5 Å². The molecule has 0 saturated carbocycles. The van der Waals surface area contributed by atoms with Crippen molar-refractivity contribution in [2.75, 3.05) is 20.2 Å². The molecule has 20 heavy (non-hydrogen) atoms. The molecule has 0 N–H and O–H groups in total. The van der Waals surface area contributed by atoms with Gasteiger partial charge in [-0.25, -0.2) is 12.7 Å². The Bertz CT molecular complexity index is 671. The number of nitrogens with zero attached hydrogens (tertiary/aromatic N) is 1. The zero-order valence-corrected chi connectivity index (χ0v) is 12.8. The first-order chi connectivity index (χ1) is 9.43. The molecule has 0 spiro atoms. The van der Waals surface area contributed by atoms with Gasteiger partial charge in [0.2, 0.25) is 0 Å². The number of halogens is 1. The molecule has 8 heteroatoms. The highest BCUT2D eigenvalue weighted by Gasteiger charge is 2.45. The van der Waals surface area contributed by atoms with Crippen LogP contribution in [0.25, 0.3) is 0 Å². The van der Waals surface area contributed by atoms with Crippen molar-refractivity contribution in [1.82, 2.24) is 4.31 Å². The van der Waals surface area contributed by atoms with Gasteiger partial charge < -0.3 is 9.47 Å². The van der Waals surface area contributed by atoms with Crippen LogP contribution < -0.4 is 9.47 Å². The van der Waals surface area contributed by atoms with E-state index in [-0.39, 0.29) is 16.2 Å². The third kappa shape index (κ3) is 1.84. The zero-order valence-electron chi connectivity index (χ0n) is 11.3. The van der Waals surface area contributed by atoms with Crippen molar-refractivity contribution in [3.8, 4) is 11.5 Å². The number of rotatable bonds is 4. The maximum Gasteiger partial charge on any atom is 0.272 e. The van der Waals surface area contributed by atoms with Crippen molar-refractivity contribution in [2.24, 2.45) is 0 Å². The van der Waals surface area contributed by atoms with Crippen LogP contribution >= 0.6 is 11.6 Å². The summed E-state index contributed by atoms with van der Waals surface area (Å²) in [7, 11) is -1.19. The molecule has 1 aromatic rings. The highest BCUT2D eigenvalue weighted by molar-refractivity contribution is 7.90. The van der Waals surface area contributed by atoms with E-state index in [1.807, 2.05) is 6.92 Å². The molecule has 0 aliphatic carbocycles. The minimum atomic E-state index is -3.97. The van der Waals surface area contributed by atoms with Gasteiger partial charge in [-0.1, -0.05) is 6.92 Å². The average Bonchev–Trinajstić information content (AvgIpc) is 2.64. The number of sulfonamides is 1. The van der Waals surface area contributed by atoms with E-state index in [0.29, 0.717) is 22.0 Å². The van der Waals surface area contributed by atoms with Gasteiger partial charge in [0.05, 0.1) is 19.8 Å². The Morgan fingerprint density at radius 3 is 2.30 bits per heavy atom. The number of fused-ring (bicyclic) bond motifs is 1. The Balaban J connectivity index is 2.91. The van der Waals surface area contributed by atoms with E-state index in [1.165, 1.54) is 20.3 Å². The maximum atomic E-state index is 12.4. The first-order valence-electron chi connectivity index (χ1n) is 5.84. The molecule has 0 bridgehead atoms. The summed E-state index contributed by atoms with van der Waals surface area (Å²) in [5, 5.41) is 0. The molecule has 0 saturated heterocycles. The molecule has 1 aromatic carbocycles. The van der Waals surface area contributed by atoms with Crippen LogP contribution in [0.5, 0.6) is 11.5 Å². The molecule has 1 amide bonds. The second-order valence-electron chi connectivity index (χ2n) is 4.10. The van der Waals surface area contributed by atoms with Crippen molar-refractivity contribution in [3.05, 3.63) is 17.2 Å². The lowest BCUT2D eigenvalue weighted by molar-refractivity contribution is 0.0884. The van der Waals surface area contributed by atoms with E-state index in [4.69, 9.17) is 21.1 Å². The molecule has 1 heterocycles. The summed E-state index contributed by atoms with van der Waals surface area (Å²) in [5.41, 5.74) is 0.619. The van der Waals surface area contributed by atoms with Gasteiger partial charge in [0.25, 0.3) is 15.9 Å². The van der Waals surface area contributed by atoms with Crippen LogP contribution in [0.15, 0.2) is 11.0 Å². The number of hydrogen-bond donors (Lipinski definition) is 0. The zero-order chi connectivity index (χ0) is 15.1. The molecular weight excluding hydrogens is 306 g/mol. The lowest BCUT2D eigenvalue weighted by Gasteiger charge is -2.13. The highest BCUT2D eigenvalue weighted by Crippen LogP contribution is 2.43. The Hall–Kier alpha value is -1.47. The fraction of sp³-hybridized carbons (Fsp3) is 0.417. The molecule has 0 radical (unpaired) electrons. The molecule has 110 valence electrons. The topological polar surface area (TPSA) is 72.9 Å². The SMILES string of the molecule is CCc1c(OC)cc(OC)c2c1C(=O)N(CCl)S2(=O)=O. The third-order valence-corrected chi connectivity index (χ3v) is 5.38. The molecule has 1 aliphatic rings. The molecular formula is C12H14ClNO5S. The van der Waals surface area contributed by atoms with Gasteiger partial charge in [-0.15, -0.1) is 11.6 Å². The van der Waals surface area contributed by atoms with Crippen molar-refractivity contribution in [3.63, 3.8) is 0 Å². The minimum absolute atomic E-state index is 0.0787. The summed E-state index contributed by atoms with van der Waals surface area (Å²) in [5.74, 6) is -0.151. The van der Waals surface area contributed by atoms with Gasteiger partial charge in [-0.2, -0.15) is 0 Å². The van der Waals surface area contributed by atoms with Crippen LogP contribution in [0, 0.1) is 0 Å². The second kappa shape index (κ2) is 5.14. The van der Waals surface area contributed by atoms with Crippen LogP contribution in [0.4, 0.5) is 0 Å². The number of benzene rings is 1. The van der Waals surface area contributed by atoms with Crippen molar-refractivity contribution in [1.29, 1.82) is 0 Å². The normalized spacial score (nSPS) is 16.2. The maximum absolute atomic E-state index is 12.4. The number of hydrogen-bond acceptors (Lipinski definition) is 5. The number of ether oxygens (including phenoxy) is 2. The standard InChI is InChI=1S/C12H14ClNO5S/c1-4-7-8(18-2)5-9(19-3)11-10(7)12(15)14(6-13)20(11,16)17/h5H,4,6H2,1-3H3. The smallest absolute Gasteiger partial charge is 0.272 e. The number of methoxy groups -OCH3 is 2. The summed E-state index contributed by atoms with van der Waals surface area (Å²) in [6, 6.07) is 1.03. The first-order valence-corrected chi connectivity index (χ1v) is 7.82. The quantitative estimate of drug-likeness (QED) is 0.622. The van der Waals surface area contributed by atoms with Crippen LogP contribution in [-0.2, 0) is 16.4 Å². The lowest BCUT2D eigenvalue weighted by Crippen LogP contribution is -2.28. The summed E-state index contributed by atoms with van der Waals surface area (Å²) in [6.07, 6.45) is 0.451. The molecule has 1 aliphatic heterocycles. The Morgan fingerprint density at radius 2 is 1.85 bits per heavy atom. The number of amides is 1. The molecule has 6 nitrogen and oxygen atoms in total. The molecule has 0 unspecified atom stereocenters. The van der Waals surface area contributed by atoms with Gasteiger partial charge in [0, 0.05) is 11.6 Å². The first kappa shape index (κ1) is 14.9. The molecule has 0 aromatic heterocycles. The number of carbonyl (C=O) groups is 1. The summed E-state index contributed by atoms with van der Waals surface area (Å²) >= 11 is 5.60. The van der Waals surface area contributed by atoms with E-state index in [2.05, 4.69) is 0 Å². The third-order valence-electron chi connectivity index (χ3n) is 3.20. The van der Waals surface area contributed by atoms with Crippen LogP contribution in [0.2, 0.25) is 0 Å². The predicted octanol–water partition coefficient (Wildman–Crippen LogP) is 1.61. The number of carbonyl (C=O) groups excluding carboxylic acids is 1. The van der Waals surface area contributed by atoms with E-state index in [9.17, 15) is 13.2 Å². The Morgan fingerprint density at radius 1 is 1.25 bits per heavy atom. The second-order valence-corrected chi connectivity index (χ2v) is 6.13. The van der Waals surface area contributed by atoms with Gasteiger partial charge in [0.15, 0.2) is 0 Å². The fourth-order valence-corrected chi connectivity index (χ4v) is 4.30. The monoisotopic (exact) mass is 319 g/mol. The lowest BCUT2D eigenvalue weighted by atomic mass is 10.0. The Labute approximate surface area is 122 Å². The predicted molar refractivity (Wildman–Crippen MR) is 73.0 cm³/mol. The summed E-state index contributed by atoms with van der Waals surface area (Å²) in [6.45, 7) is 1.81. The van der Waals surface area contributed by atoms with Crippen molar-refractivity contribution in [2.45, 2.75) is 18.2 Å². The highest BCUT2D eigenvalue weighted by atomic mass is 35.5. The van der Waals surface area contributed by atoms with Gasteiger partial charge in [0.1, 0.15) is 22.4 Å². The van der Waals surface area contributed by atoms with E-state index in [0.717, 1.165) is 0 Å².